The van der Waals surface area contributed by atoms with Crippen LogP contribution in [0.4, 0.5) is 9.18 Å². The molecule has 1 aromatic heterocycles. The van der Waals surface area contributed by atoms with Crippen molar-refractivity contribution in [3.8, 4) is 11.1 Å². The Balaban J connectivity index is 1.71. The number of benzene rings is 2. The number of likely N-dealkylation sites (tertiary alicyclic amines) is 1. The zero-order valence-electron chi connectivity index (χ0n) is 23.3. The molecule has 40 heavy (non-hydrogen) atoms. The van der Waals surface area contributed by atoms with Crippen LogP contribution in [0.15, 0.2) is 54.7 Å². The molecule has 0 bridgehead atoms. The Morgan fingerprint density at radius 1 is 1.18 bits per heavy atom. The van der Waals surface area contributed by atoms with Crippen LogP contribution in [0.25, 0.3) is 22.0 Å². The van der Waals surface area contributed by atoms with E-state index in [0.29, 0.717) is 49.0 Å². The molecule has 1 aliphatic heterocycles. The number of nitrogens with one attached hydrogen (secondary N) is 2. The summed E-state index contributed by atoms with van der Waals surface area (Å²) in [7, 11) is 3.16. The summed E-state index contributed by atoms with van der Waals surface area (Å²) in [6.07, 6.45) is 4.40. The molecule has 8 nitrogen and oxygen atoms in total. The van der Waals surface area contributed by atoms with Crippen LogP contribution in [0, 0.1) is 11.7 Å². The van der Waals surface area contributed by atoms with Crippen LogP contribution in [0.2, 0.25) is 0 Å². The van der Waals surface area contributed by atoms with E-state index in [1.165, 1.54) is 13.2 Å². The number of hydrogen-bond acceptors (Lipinski definition) is 6. The Morgan fingerprint density at radius 3 is 2.80 bits per heavy atom. The molecule has 3 aromatic rings. The molecule has 0 radical (unpaired) electrons. The highest BCUT2D eigenvalue weighted by Crippen LogP contribution is 2.44. The summed E-state index contributed by atoms with van der Waals surface area (Å²) in [5.74, 6) is -0.703. The van der Waals surface area contributed by atoms with Crippen molar-refractivity contribution < 1.29 is 23.8 Å². The number of fused-ring (bicyclic) bond motifs is 1. The number of carbonyl (C=O) groups excluding carboxylic acids is 2. The van der Waals surface area contributed by atoms with Gasteiger partial charge in [-0.15, -0.1) is 0 Å². The Hall–Kier alpha value is -3.56. The summed E-state index contributed by atoms with van der Waals surface area (Å²) in [6.45, 7) is 2.06. The van der Waals surface area contributed by atoms with Crippen LogP contribution in [-0.4, -0.2) is 67.3 Å². The van der Waals surface area contributed by atoms with Crippen molar-refractivity contribution in [3.63, 3.8) is 0 Å². The number of halogens is 1. The summed E-state index contributed by atoms with van der Waals surface area (Å²) < 4.78 is 20.3. The molecule has 3 N–H and O–H groups in total. The Kier molecular flexibility index (Phi) is 10.1. The first kappa shape index (κ1) is 29.4. The van der Waals surface area contributed by atoms with E-state index < -0.39 is 17.5 Å². The number of aliphatic hydroxyl groups is 1. The van der Waals surface area contributed by atoms with E-state index >= 15 is 4.39 Å². The quantitative estimate of drug-likeness (QED) is 0.302. The first-order valence-corrected chi connectivity index (χ1v) is 14.0. The molecule has 0 unspecified atom stereocenters. The van der Waals surface area contributed by atoms with Crippen molar-refractivity contribution in [2.24, 2.45) is 5.92 Å². The van der Waals surface area contributed by atoms with E-state index in [-0.39, 0.29) is 24.8 Å². The second-order valence-electron chi connectivity index (χ2n) is 10.4. The summed E-state index contributed by atoms with van der Waals surface area (Å²) in [4.78, 5) is 31.0. The average molecular weight is 551 g/mol. The molecule has 1 saturated heterocycles. The van der Waals surface area contributed by atoms with Crippen molar-refractivity contribution in [1.29, 1.82) is 0 Å². The van der Waals surface area contributed by atoms with Gasteiger partial charge in [-0.05, 0) is 69.5 Å². The Labute approximate surface area is 234 Å². The lowest BCUT2D eigenvalue weighted by Gasteiger charge is -2.43. The molecule has 4 rings (SSSR count). The van der Waals surface area contributed by atoms with Gasteiger partial charge in [0, 0.05) is 54.7 Å². The van der Waals surface area contributed by atoms with E-state index in [0.717, 1.165) is 30.3 Å². The normalized spacial score (nSPS) is 16.9. The Morgan fingerprint density at radius 2 is 2.00 bits per heavy atom. The molecule has 2 aromatic carbocycles. The van der Waals surface area contributed by atoms with Gasteiger partial charge in [0.05, 0.1) is 18.2 Å². The topological polar surface area (TPSA) is 104 Å². The van der Waals surface area contributed by atoms with Crippen LogP contribution in [0.5, 0.6) is 0 Å². The number of piperidine rings is 1. The van der Waals surface area contributed by atoms with Crippen molar-refractivity contribution >= 4 is 22.9 Å². The second-order valence-corrected chi connectivity index (χ2v) is 10.4. The molecule has 2 atom stereocenters. The number of alkyl carbamates (subject to hydrolysis) is 1. The van der Waals surface area contributed by atoms with Gasteiger partial charge in [-0.2, -0.15) is 0 Å². The molecule has 2 amide bonds. The first-order valence-electron chi connectivity index (χ1n) is 14.0. The smallest absolute Gasteiger partial charge is 0.406 e. The van der Waals surface area contributed by atoms with Gasteiger partial charge in [-0.1, -0.05) is 30.3 Å². The maximum Gasteiger partial charge on any atom is 0.406 e. The fraction of sp³-hybridized carbons (Fsp3) is 0.452. The fourth-order valence-electron chi connectivity index (χ4n) is 5.73. The van der Waals surface area contributed by atoms with E-state index in [4.69, 9.17) is 0 Å². The largest absolute Gasteiger partial charge is 0.453 e. The SMILES string of the molecule is CNCCCC(=O)N1CCC[C@@H]([C@@](O)(CCCNC(=O)OC)c2cccc(F)c2-c2cnc3ccccc3c2)C1. The molecule has 0 saturated carbocycles. The van der Waals surface area contributed by atoms with E-state index in [1.54, 1.807) is 18.3 Å². The molecule has 2 heterocycles. The van der Waals surface area contributed by atoms with E-state index in [9.17, 15) is 14.7 Å². The summed E-state index contributed by atoms with van der Waals surface area (Å²) in [5.41, 5.74) is 0.700. The van der Waals surface area contributed by atoms with Crippen molar-refractivity contribution in [3.05, 3.63) is 66.1 Å². The van der Waals surface area contributed by atoms with Gasteiger partial charge in [-0.25, -0.2) is 9.18 Å². The van der Waals surface area contributed by atoms with Gasteiger partial charge in [0.25, 0.3) is 0 Å². The lowest BCUT2D eigenvalue weighted by Crippen LogP contribution is -2.48. The predicted molar refractivity (Wildman–Crippen MR) is 153 cm³/mol. The highest BCUT2D eigenvalue weighted by Gasteiger charge is 2.43. The minimum atomic E-state index is -1.45. The van der Waals surface area contributed by atoms with Gasteiger partial charge >= 0.3 is 6.09 Å². The standard InChI is InChI=1S/C31H39FN4O4/c1-33-16-6-14-28(37)36-18-7-10-24(21-36)31(39,15-8-17-34-30(38)40-2)25-11-5-12-26(32)29(25)23-19-22-9-3-4-13-27(22)35-20-23/h3-5,9,11-13,19-20,24,33,39H,6-8,10,14-18,21H2,1-2H3,(H,34,38)/t24-,31+/m1/s1. The van der Waals surface area contributed by atoms with Crippen LogP contribution < -0.4 is 10.6 Å². The number of pyridine rings is 1. The van der Waals surface area contributed by atoms with E-state index in [2.05, 4.69) is 20.4 Å². The molecule has 0 spiro atoms. The number of nitrogens with zero attached hydrogens (tertiary/aromatic N) is 2. The Bertz CT molecular complexity index is 1320. The fourth-order valence-corrected chi connectivity index (χ4v) is 5.73. The van der Waals surface area contributed by atoms with Crippen LogP contribution in [0.1, 0.15) is 44.1 Å². The molecule has 1 aliphatic rings. The maximum absolute atomic E-state index is 15.7. The number of para-hydroxylation sites is 1. The zero-order chi connectivity index (χ0) is 28.5. The van der Waals surface area contributed by atoms with Gasteiger partial charge in [-0.3, -0.25) is 9.78 Å². The first-order chi connectivity index (χ1) is 19.4. The second kappa shape index (κ2) is 13.7. The van der Waals surface area contributed by atoms with Gasteiger partial charge < -0.3 is 25.4 Å². The third-order valence-corrected chi connectivity index (χ3v) is 7.82. The summed E-state index contributed by atoms with van der Waals surface area (Å²) >= 11 is 0. The molecular weight excluding hydrogens is 511 g/mol. The maximum atomic E-state index is 15.7. The minimum Gasteiger partial charge on any atom is -0.453 e. The van der Waals surface area contributed by atoms with Gasteiger partial charge in [0.2, 0.25) is 5.91 Å². The summed E-state index contributed by atoms with van der Waals surface area (Å²) in [5, 5.41) is 19.2. The highest BCUT2D eigenvalue weighted by atomic mass is 19.1. The number of rotatable bonds is 11. The lowest BCUT2D eigenvalue weighted by molar-refractivity contribution is -0.136. The van der Waals surface area contributed by atoms with Crippen LogP contribution >= 0.6 is 0 Å². The third-order valence-electron chi connectivity index (χ3n) is 7.82. The van der Waals surface area contributed by atoms with Crippen molar-refractivity contribution in [2.75, 3.05) is 40.3 Å². The lowest BCUT2D eigenvalue weighted by atomic mass is 9.72. The average Bonchev–Trinajstić information content (AvgIpc) is 2.98. The number of aromatic nitrogens is 1. The van der Waals surface area contributed by atoms with Crippen LogP contribution in [0.3, 0.4) is 0 Å². The van der Waals surface area contributed by atoms with E-state index in [1.807, 2.05) is 42.3 Å². The van der Waals surface area contributed by atoms with Gasteiger partial charge in [0.1, 0.15) is 5.82 Å². The highest BCUT2D eigenvalue weighted by molar-refractivity contribution is 5.84. The van der Waals surface area contributed by atoms with Crippen molar-refractivity contribution in [2.45, 2.75) is 44.1 Å². The molecule has 0 aliphatic carbocycles. The molecule has 1 fully saturated rings. The number of amides is 2. The summed E-state index contributed by atoms with van der Waals surface area (Å²) in [6, 6.07) is 14.3. The number of carbonyl (C=O) groups is 2. The minimum absolute atomic E-state index is 0.0628. The molecule has 9 heteroatoms. The van der Waals surface area contributed by atoms with Crippen molar-refractivity contribution in [1.82, 2.24) is 20.5 Å². The van der Waals surface area contributed by atoms with Gasteiger partial charge in [0.15, 0.2) is 0 Å². The number of hydrogen-bond donors (Lipinski definition) is 3. The molecular formula is C31H39FN4O4. The zero-order valence-corrected chi connectivity index (χ0v) is 23.3. The monoisotopic (exact) mass is 550 g/mol. The molecule has 214 valence electrons. The number of methoxy groups -OCH3 is 1. The predicted octanol–water partition coefficient (Wildman–Crippen LogP) is 4.60. The number of ether oxygens (including phenoxy) is 1. The van der Waals surface area contributed by atoms with Crippen LogP contribution in [-0.2, 0) is 15.1 Å². The third kappa shape index (κ3) is 6.77.